The molecule has 0 aliphatic rings. The second-order valence-electron chi connectivity index (χ2n) is 5.05. The minimum atomic E-state index is 0.965. The van der Waals surface area contributed by atoms with Gasteiger partial charge in [-0.25, -0.2) is 0 Å². The van der Waals surface area contributed by atoms with Crippen molar-refractivity contribution in [2.45, 2.75) is 40.3 Å². The number of benzene rings is 1. The van der Waals surface area contributed by atoms with Crippen molar-refractivity contribution in [2.75, 3.05) is 6.54 Å². The molecular formula is C17H24N2. The van der Waals surface area contributed by atoms with Crippen LogP contribution >= 0.6 is 0 Å². The topological polar surface area (TPSA) is 17.0 Å². The Bertz CT molecular complexity index is 512. The number of rotatable bonds is 6. The first-order valence-corrected chi connectivity index (χ1v) is 7.12. The molecule has 1 heterocycles. The smallest absolute Gasteiger partial charge is 0.0223 e. The van der Waals surface area contributed by atoms with E-state index in [2.05, 4.69) is 67.1 Å². The molecule has 2 rings (SSSR count). The van der Waals surface area contributed by atoms with Gasteiger partial charge in [0.15, 0.2) is 0 Å². The zero-order chi connectivity index (χ0) is 13.7. The van der Waals surface area contributed by atoms with Gasteiger partial charge in [-0.2, -0.15) is 0 Å². The number of nitrogens with zero attached hydrogens (tertiary/aromatic N) is 1. The van der Waals surface area contributed by atoms with Crippen molar-refractivity contribution in [2.24, 2.45) is 0 Å². The Hall–Kier alpha value is -1.54. The molecule has 1 N–H and O–H groups in total. The van der Waals surface area contributed by atoms with E-state index in [0.717, 1.165) is 26.1 Å². The summed E-state index contributed by atoms with van der Waals surface area (Å²) < 4.78 is 2.37. The normalized spacial score (nSPS) is 10.9. The van der Waals surface area contributed by atoms with Crippen molar-refractivity contribution < 1.29 is 0 Å². The van der Waals surface area contributed by atoms with Crippen LogP contribution < -0.4 is 5.32 Å². The van der Waals surface area contributed by atoms with E-state index in [1.165, 1.54) is 22.5 Å². The molecule has 1 aromatic carbocycles. The summed E-state index contributed by atoms with van der Waals surface area (Å²) in [6, 6.07) is 12.9. The van der Waals surface area contributed by atoms with Gasteiger partial charge in [-0.05, 0) is 50.9 Å². The van der Waals surface area contributed by atoms with Gasteiger partial charge in [-0.1, -0.05) is 30.3 Å². The number of hydrogen-bond acceptors (Lipinski definition) is 1. The minimum Gasteiger partial charge on any atom is -0.349 e. The largest absolute Gasteiger partial charge is 0.349 e. The van der Waals surface area contributed by atoms with Gasteiger partial charge in [0, 0.05) is 24.5 Å². The van der Waals surface area contributed by atoms with E-state index in [-0.39, 0.29) is 0 Å². The predicted octanol–water partition coefficient (Wildman–Crippen LogP) is 3.46. The highest BCUT2D eigenvalue weighted by atomic mass is 15.0. The van der Waals surface area contributed by atoms with E-state index in [9.17, 15) is 0 Å². The molecule has 0 saturated carbocycles. The lowest BCUT2D eigenvalue weighted by atomic mass is 10.1. The Kier molecular flexibility index (Phi) is 4.80. The van der Waals surface area contributed by atoms with Crippen molar-refractivity contribution in [3.05, 3.63) is 58.9 Å². The van der Waals surface area contributed by atoms with Crippen molar-refractivity contribution in [1.29, 1.82) is 0 Å². The van der Waals surface area contributed by atoms with Crippen molar-refractivity contribution in [3.63, 3.8) is 0 Å². The molecular weight excluding hydrogens is 232 g/mol. The molecule has 0 bridgehead atoms. The van der Waals surface area contributed by atoms with Gasteiger partial charge in [0.25, 0.3) is 0 Å². The maximum Gasteiger partial charge on any atom is 0.0223 e. The molecule has 0 aliphatic heterocycles. The van der Waals surface area contributed by atoms with Crippen LogP contribution in [0.1, 0.15) is 29.4 Å². The second-order valence-corrected chi connectivity index (χ2v) is 5.05. The van der Waals surface area contributed by atoms with Crippen LogP contribution in [0.3, 0.4) is 0 Å². The van der Waals surface area contributed by atoms with Crippen LogP contribution in [0.15, 0.2) is 36.4 Å². The summed E-state index contributed by atoms with van der Waals surface area (Å²) >= 11 is 0. The molecule has 0 fully saturated rings. The average molecular weight is 256 g/mol. The van der Waals surface area contributed by atoms with Gasteiger partial charge >= 0.3 is 0 Å². The van der Waals surface area contributed by atoms with E-state index < -0.39 is 0 Å². The van der Waals surface area contributed by atoms with Gasteiger partial charge in [0.1, 0.15) is 0 Å². The van der Waals surface area contributed by atoms with Gasteiger partial charge in [-0.15, -0.1) is 0 Å². The lowest BCUT2D eigenvalue weighted by Crippen LogP contribution is -2.17. The lowest BCUT2D eigenvalue weighted by molar-refractivity contribution is 0.672. The van der Waals surface area contributed by atoms with Gasteiger partial charge < -0.3 is 9.88 Å². The Morgan fingerprint density at radius 3 is 2.47 bits per heavy atom. The quantitative estimate of drug-likeness (QED) is 0.783. The number of aryl methyl sites for hydroxylation is 1. The molecule has 0 saturated heterocycles. The second kappa shape index (κ2) is 6.58. The number of hydrogen-bond donors (Lipinski definition) is 1. The molecule has 2 heteroatoms. The summed E-state index contributed by atoms with van der Waals surface area (Å²) in [7, 11) is 0. The van der Waals surface area contributed by atoms with Crippen LogP contribution in [0.4, 0.5) is 0 Å². The molecule has 0 atom stereocenters. The Balaban J connectivity index is 1.83. The number of aromatic nitrogens is 1. The van der Waals surface area contributed by atoms with Gasteiger partial charge in [0.05, 0.1) is 0 Å². The highest BCUT2D eigenvalue weighted by Crippen LogP contribution is 2.14. The first kappa shape index (κ1) is 13.9. The van der Waals surface area contributed by atoms with Crippen molar-refractivity contribution in [1.82, 2.24) is 9.88 Å². The summed E-state index contributed by atoms with van der Waals surface area (Å²) in [5.74, 6) is 0. The molecule has 102 valence electrons. The maximum absolute atomic E-state index is 3.54. The highest BCUT2D eigenvalue weighted by Gasteiger charge is 2.06. The Morgan fingerprint density at radius 2 is 1.84 bits per heavy atom. The van der Waals surface area contributed by atoms with Crippen molar-refractivity contribution >= 4 is 0 Å². The number of nitrogens with one attached hydrogen (secondary N) is 1. The zero-order valence-corrected chi connectivity index (χ0v) is 12.2. The molecule has 1 aromatic heterocycles. The predicted molar refractivity (Wildman–Crippen MR) is 81.4 cm³/mol. The zero-order valence-electron chi connectivity index (χ0n) is 12.2. The van der Waals surface area contributed by atoms with E-state index >= 15 is 0 Å². The monoisotopic (exact) mass is 256 g/mol. The maximum atomic E-state index is 3.54. The summed E-state index contributed by atoms with van der Waals surface area (Å²) in [4.78, 5) is 0. The van der Waals surface area contributed by atoms with Crippen LogP contribution in [0, 0.1) is 13.8 Å². The van der Waals surface area contributed by atoms with E-state index in [1.807, 2.05) is 0 Å². The Labute approximate surface area is 116 Å². The first-order chi connectivity index (χ1) is 9.22. The molecule has 0 radical (unpaired) electrons. The third-order valence-electron chi connectivity index (χ3n) is 3.74. The fraction of sp³-hybridized carbons (Fsp3) is 0.412. The molecule has 2 nitrogen and oxygen atoms in total. The molecule has 0 spiro atoms. The fourth-order valence-electron chi connectivity index (χ4n) is 2.64. The summed E-state index contributed by atoms with van der Waals surface area (Å²) in [5, 5.41) is 3.54. The summed E-state index contributed by atoms with van der Waals surface area (Å²) in [5.41, 5.74) is 5.58. The van der Waals surface area contributed by atoms with E-state index in [4.69, 9.17) is 0 Å². The molecule has 0 unspecified atom stereocenters. The van der Waals surface area contributed by atoms with Crippen LogP contribution in [-0.4, -0.2) is 11.1 Å². The molecule has 2 aromatic rings. The fourth-order valence-corrected chi connectivity index (χ4v) is 2.64. The van der Waals surface area contributed by atoms with Crippen LogP contribution in [0.25, 0.3) is 0 Å². The third kappa shape index (κ3) is 3.48. The van der Waals surface area contributed by atoms with Gasteiger partial charge in [-0.3, -0.25) is 0 Å². The van der Waals surface area contributed by atoms with Crippen molar-refractivity contribution in [3.8, 4) is 0 Å². The van der Waals surface area contributed by atoms with E-state index in [1.54, 1.807) is 0 Å². The van der Waals surface area contributed by atoms with Crippen LogP contribution in [-0.2, 0) is 19.5 Å². The summed E-state index contributed by atoms with van der Waals surface area (Å²) in [6.07, 6.45) is 1.09. The van der Waals surface area contributed by atoms with Gasteiger partial charge in [0.2, 0.25) is 0 Å². The molecule has 0 aliphatic carbocycles. The first-order valence-electron chi connectivity index (χ1n) is 7.12. The highest BCUT2D eigenvalue weighted by molar-refractivity contribution is 5.26. The SMILES string of the molecule is CCn1c(C)cc(CNCCc2ccccc2)c1C. The summed E-state index contributed by atoms with van der Waals surface area (Å²) in [6.45, 7) is 9.65. The molecule has 19 heavy (non-hydrogen) atoms. The van der Waals surface area contributed by atoms with Crippen LogP contribution in [0.2, 0.25) is 0 Å². The lowest BCUT2D eigenvalue weighted by Gasteiger charge is -2.07. The average Bonchev–Trinajstić information content (AvgIpc) is 2.70. The molecule has 0 amide bonds. The minimum absolute atomic E-state index is 0.965. The van der Waals surface area contributed by atoms with Crippen LogP contribution in [0.5, 0.6) is 0 Å². The Morgan fingerprint density at radius 1 is 1.11 bits per heavy atom. The third-order valence-corrected chi connectivity index (χ3v) is 3.74. The van der Waals surface area contributed by atoms with E-state index in [0.29, 0.717) is 0 Å². The standard InChI is InChI=1S/C17H24N2/c1-4-19-14(2)12-17(15(19)3)13-18-11-10-16-8-6-5-7-9-16/h5-9,12,18H,4,10-11,13H2,1-3H3.